The number of aromatic nitrogens is 1. The molecule has 43 heavy (non-hydrogen) atoms. The van der Waals surface area contributed by atoms with Crippen LogP contribution >= 0.6 is 11.6 Å². The van der Waals surface area contributed by atoms with E-state index < -0.39 is 47.3 Å². The highest BCUT2D eigenvalue weighted by Crippen LogP contribution is 2.47. The molecule has 3 aromatic rings. The summed E-state index contributed by atoms with van der Waals surface area (Å²) < 4.78 is 74.3. The number of amides is 1. The van der Waals surface area contributed by atoms with Gasteiger partial charge in [0.05, 0.1) is 37.1 Å². The fraction of sp³-hybridized carbons (Fsp3) is 0.400. The van der Waals surface area contributed by atoms with Crippen molar-refractivity contribution in [2.75, 3.05) is 26.9 Å². The summed E-state index contributed by atoms with van der Waals surface area (Å²) in [5.74, 6) is -1.15. The van der Waals surface area contributed by atoms with Gasteiger partial charge in [0.1, 0.15) is 23.9 Å². The summed E-state index contributed by atoms with van der Waals surface area (Å²) in [5.41, 5.74) is -4.69. The Hall–Kier alpha value is -3.61. The Morgan fingerprint density at radius 2 is 1.91 bits per heavy atom. The summed E-state index contributed by atoms with van der Waals surface area (Å²) in [6, 6.07) is 8.62. The molecule has 1 unspecified atom stereocenters. The van der Waals surface area contributed by atoms with Gasteiger partial charge in [0.25, 0.3) is 5.91 Å². The van der Waals surface area contributed by atoms with Crippen molar-refractivity contribution < 1.29 is 46.8 Å². The van der Waals surface area contributed by atoms with Crippen LogP contribution in [0.15, 0.2) is 42.5 Å². The lowest BCUT2D eigenvalue weighted by Gasteiger charge is -2.36. The number of carbonyl (C=O) groups is 1. The third kappa shape index (κ3) is 6.66. The van der Waals surface area contributed by atoms with Crippen LogP contribution in [0.4, 0.5) is 17.6 Å². The first kappa shape index (κ1) is 32.3. The number of nitrogens with zero attached hydrogens (tertiary/aromatic N) is 1. The van der Waals surface area contributed by atoms with Crippen LogP contribution < -0.4 is 19.5 Å². The molecular weight excluding hydrogens is 596 g/mol. The first-order valence-corrected chi connectivity index (χ1v) is 13.7. The molecule has 2 aromatic carbocycles. The fourth-order valence-corrected chi connectivity index (χ4v) is 4.74. The van der Waals surface area contributed by atoms with E-state index in [4.69, 9.17) is 25.8 Å². The van der Waals surface area contributed by atoms with Crippen LogP contribution in [0.2, 0.25) is 5.02 Å². The molecule has 0 saturated carbocycles. The van der Waals surface area contributed by atoms with Crippen LogP contribution in [0.3, 0.4) is 0 Å². The largest absolute Gasteiger partial charge is 0.493 e. The fourth-order valence-electron chi connectivity index (χ4n) is 4.56. The second-order valence-corrected chi connectivity index (χ2v) is 11.3. The Morgan fingerprint density at radius 3 is 2.53 bits per heavy atom. The Bertz CT molecular complexity index is 1510. The number of halogens is 5. The molecule has 3 N–H and O–H groups in total. The Morgan fingerprint density at radius 1 is 1.19 bits per heavy atom. The van der Waals surface area contributed by atoms with E-state index in [9.17, 15) is 32.6 Å². The number of fused-ring (bicyclic) bond motifs is 1. The minimum atomic E-state index is -5.28. The first-order valence-electron chi connectivity index (χ1n) is 13.3. The van der Waals surface area contributed by atoms with Gasteiger partial charge in [-0.2, -0.15) is 13.2 Å². The van der Waals surface area contributed by atoms with Crippen LogP contribution in [0.25, 0.3) is 11.3 Å². The number of benzene rings is 2. The molecule has 1 aromatic heterocycles. The van der Waals surface area contributed by atoms with E-state index in [-0.39, 0.29) is 52.3 Å². The number of methoxy groups -OCH3 is 1. The van der Waals surface area contributed by atoms with Gasteiger partial charge in [-0.1, -0.05) is 25.4 Å². The van der Waals surface area contributed by atoms with Gasteiger partial charge in [0.15, 0.2) is 11.5 Å². The van der Waals surface area contributed by atoms with Gasteiger partial charge in [-0.05, 0) is 61.2 Å². The minimum absolute atomic E-state index is 0.0533. The molecule has 1 aliphatic rings. The van der Waals surface area contributed by atoms with E-state index in [1.807, 2.05) is 13.8 Å². The second-order valence-electron chi connectivity index (χ2n) is 10.9. The van der Waals surface area contributed by atoms with E-state index in [0.717, 1.165) is 12.1 Å². The van der Waals surface area contributed by atoms with Gasteiger partial charge in [-0.25, -0.2) is 9.37 Å². The SMILES string of the molecule is COc1cc(C(=O)NCC(O)(c2cc3c(c(-c4ccc(F)c(Cl)c4)n2)OCCC3(C)C)C(F)(F)F)ccc1OC[C@@H](C)O. The molecule has 13 heteroatoms. The van der Waals surface area contributed by atoms with Crippen LogP contribution in [0, 0.1) is 5.82 Å². The minimum Gasteiger partial charge on any atom is -0.493 e. The van der Waals surface area contributed by atoms with Crippen LogP contribution in [0.1, 0.15) is 48.8 Å². The van der Waals surface area contributed by atoms with Crippen molar-refractivity contribution in [2.45, 2.75) is 50.5 Å². The van der Waals surface area contributed by atoms with Crippen molar-refractivity contribution in [3.8, 4) is 28.5 Å². The van der Waals surface area contributed by atoms with Crippen molar-refractivity contribution in [3.63, 3.8) is 0 Å². The molecule has 2 atom stereocenters. The average Bonchev–Trinajstić information content (AvgIpc) is 2.94. The second kappa shape index (κ2) is 12.2. The van der Waals surface area contributed by atoms with Gasteiger partial charge >= 0.3 is 6.18 Å². The number of alkyl halides is 3. The monoisotopic (exact) mass is 626 g/mol. The quantitative estimate of drug-likeness (QED) is 0.267. The summed E-state index contributed by atoms with van der Waals surface area (Å²) in [7, 11) is 1.31. The molecule has 0 bridgehead atoms. The number of hydrogen-bond acceptors (Lipinski definition) is 7. The smallest absolute Gasteiger partial charge is 0.424 e. The zero-order chi connectivity index (χ0) is 31.7. The Kier molecular flexibility index (Phi) is 9.15. The molecule has 0 aliphatic carbocycles. The molecule has 1 aliphatic heterocycles. The zero-order valence-electron chi connectivity index (χ0n) is 23.8. The van der Waals surface area contributed by atoms with E-state index in [1.54, 1.807) is 0 Å². The lowest BCUT2D eigenvalue weighted by atomic mass is 9.78. The van der Waals surface area contributed by atoms with Gasteiger partial charge in [-0.3, -0.25) is 4.79 Å². The lowest BCUT2D eigenvalue weighted by molar-refractivity contribution is -0.265. The zero-order valence-corrected chi connectivity index (χ0v) is 24.6. The maximum Gasteiger partial charge on any atom is 0.424 e. The molecule has 2 heterocycles. The molecular formula is C30H31ClF4N2O6. The van der Waals surface area contributed by atoms with Gasteiger partial charge < -0.3 is 29.7 Å². The molecule has 0 radical (unpaired) electrons. The number of aliphatic hydroxyl groups is 2. The predicted octanol–water partition coefficient (Wildman–Crippen LogP) is 5.55. The molecule has 0 saturated heterocycles. The number of hydrogen-bond donors (Lipinski definition) is 3. The number of pyridine rings is 1. The summed E-state index contributed by atoms with van der Waals surface area (Å²) in [5, 5.41) is 22.6. The van der Waals surface area contributed by atoms with Crippen LogP contribution in [-0.2, 0) is 11.0 Å². The van der Waals surface area contributed by atoms with Crippen molar-refractivity contribution in [1.82, 2.24) is 10.3 Å². The van der Waals surface area contributed by atoms with E-state index in [2.05, 4.69) is 10.3 Å². The normalized spacial score (nSPS) is 16.3. The van der Waals surface area contributed by atoms with Gasteiger partial charge in [-0.15, -0.1) is 0 Å². The van der Waals surface area contributed by atoms with Crippen molar-refractivity contribution in [3.05, 3.63) is 70.1 Å². The van der Waals surface area contributed by atoms with Crippen LogP contribution in [-0.4, -0.2) is 60.3 Å². The summed E-state index contributed by atoms with van der Waals surface area (Å²) in [6.45, 7) is 4.07. The predicted molar refractivity (Wildman–Crippen MR) is 150 cm³/mol. The van der Waals surface area contributed by atoms with Crippen molar-refractivity contribution >= 4 is 17.5 Å². The molecule has 0 spiro atoms. The van der Waals surface area contributed by atoms with Gasteiger partial charge in [0.2, 0.25) is 5.60 Å². The average molecular weight is 627 g/mol. The summed E-state index contributed by atoms with van der Waals surface area (Å²) >= 11 is 5.96. The van der Waals surface area contributed by atoms with Crippen molar-refractivity contribution in [2.24, 2.45) is 0 Å². The van der Waals surface area contributed by atoms with Crippen LogP contribution in [0.5, 0.6) is 17.2 Å². The number of carbonyl (C=O) groups excluding carboxylic acids is 1. The summed E-state index contributed by atoms with van der Waals surface area (Å²) in [4.78, 5) is 17.1. The Balaban J connectivity index is 1.74. The number of ether oxygens (including phenoxy) is 3. The van der Waals surface area contributed by atoms with E-state index in [0.29, 0.717) is 12.0 Å². The highest BCUT2D eigenvalue weighted by molar-refractivity contribution is 6.31. The van der Waals surface area contributed by atoms with E-state index in [1.165, 1.54) is 44.4 Å². The first-order chi connectivity index (χ1) is 20.1. The maximum absolute atomic E-state index is 14.6. The third-order valence-corrected chi connectivity index (χ3v) is 7.46. The molecule has 0 fully saturated rings. The molecule has 232 valence electrons. The molecule has 1 amide bonds. The third-order valence-electron chi connectivity index (χ3n) is 7.17. The molecule has 4 rings (SSSR count). The standard InChI is InChI=1S/C30H31ClF4N2O6/c1-16(38)14-43-22-8-6-18(12-23(22)41-4)27(39)36-15-29(40,30(33,34)35)24-13-19-26(42-10-9-28(19,2)3)25(37-24)17-5-7-21(32)20(31)11-17/h5-8,11-13,16,38,40H,9-10,14-15H2,1-4H3,(H,36,39)/t16-,29?/m1/s1. The number of rotatable bonds is 9. The summed E-state index contributed by atoms with van der Waals surface area (Å²) in [6.07, 6.45) is -5.59. The maximum atomic E-state index is 14.6. The lowest BCUT2D eigenvalue weighted by Crippen LogP contribution is -2.51. The van der Waals surface area contributed by atoms with E-state index >= 15 is 0 Å². The van der Waals surface area contributed by atoms with Crippen molar-refractivity contribution in [1.29, 1.82) is 0 Å². The highest BCUT2D eigenvalue weighted by Gasteiger charge is 2.57. The molecule has 8 nitrogen and oxygen atoms in total. The highest BCUT2D eigenvalue weighted by atomic mass is 35.5. The Labute approximate surface area is 250 Å². The number of aliphatic hydroxyl groups excluding tert-OH is 1. The number of nitrogens with one attached hydrogen (secondary N) is 1. The topological polar surface area (TPSA) is 110 Å². The van der Waals surface area contributed by atoms with Gasteiger partial charge in [0, 0.05) is 16.7 Å².